The van der Waals surface area contributed by atoms with Crippen LogP contribution in [0, 0.1) is 0 Å². The molecule has 1 aliphatic heterocycles. The summed E-state index contributed by atoms with van der Waals surface area (Å²) in [5, 5.41) is 9.13. The highest BCUT2D eigenvalue weighted by Gasteiger charge is 2.41. The van der Waals surface area contributed by atoms with Crippen LogP contribution in [0.25, 0.3) is 11.1 Å². The van der Waals surface area contributed by atoms with Gasteiger partial charge in [0.2, 0.25) is 0 Å². The van der Waals surface area contributed by atoms with Crippen molar-refractivity contribution in [3.63, 3.8) is 0 Å². The number of rotatable bonds is 7. The lowest BCUT2D eigenvalue weighted by Gasteiger charge is -2.34. The van der Waals surface area contributed by atoms with Crippen molar-refractivity contribution in [2.75, 3.05) is 19.7 Å². The molecule has 0 spiro atoms. The Labute approximate surface area is 218 Å². The van der Waals surface area contributed by atoms with Crippen LogP contribution in [0.15, 0.2) is 48.5 Å². The molecule has 2 aromatic carbocycles. The number of ether oxygens (including phenoxy) is 2. The molecule has 1 fully saturated rings. The molecule has 1 aliphatic carbocycles. The number of benzene rings is 2. The molecule has 0 bridgehead atoms. The zero-order chi connectivity index (χ0) is 26.7. The molecule has 4 rings (SSSR count). The van der Waals surface area contributed by atoms with Gasteiger partial charge >= 0.3 is 18.2 Å². The first-order valence-corrected chi connectivity index (χ1v) is 12.9. The smallest absolute Gasteiger partial charge is 0.410 e. The Balaban J connectivity index is 1.49. The molecule has 1 saturated heterocycles. The minimum atomic E-state index is -0.915. The SMILES string of the molecule is CC1C(N(CCCC(=O)O)C(=O)OCC2c3ccccc3-c3ccccc32)CCN1C(=O)OC(C)(C)C. The largest absolute Gasteiger partial charge is 0.481 e. The molecule has 2 atom stereocenters. The summed E-state index contributed by atoms with van der Waals surface area (Å²) in [6, 6.07) is 15.7. The maximum atomic E-state index is 13.5. The van der Waals surface area contributed by atoms with E-state index in [1.54, 1.807) is 9.80 Å². The van der Waals surface area contributed by atoms with E-state index in [2.05, 4.69) is 24.3 Å². The fourth-order valence-corrected chi connectivity index (χ4v) is 5.39. The number of aliphatic carboxylic acids is 1. The summed E-state index contributed by atoms with van der Waals surface area (Å²) in [4.78, 5) is 40.6. The Morgan fingerprint density at radius 3 is 2.19 bits per heavy atom. The molecule has 2 unspecified atom stereocenters. The minimum absolute atomic E-state index is 0.0516. The van der Waals surface area contributed by atoms with Crippen molar-refractivity contribution in [1.29, 1.82) is 0 Å². The second-order valence-electron chi connectivity index (χ2n) is 10.8. The first-order chi connectivity index (χ1) is 17.6. The first kappa shape index (κ1) is 26.5. The number of hydrogen-bond acceptors (Lipinski definition) is 5. The second-order valence-corrected chi connectivity index (χ2v) is 10.8. The van der Waals surface area contributed by atoms with Crippen molar-refractivity contribution < 1.29 is 29.0 Å². The predicted octanol–water partition coefficient (Wildman–Crippen LogP) is 5.50. The predicted molar refractivity (Wildman–Crippen MR) is 139 cm³/mol. The van der Waals surface area contributed by atoms with Crippen molar-refractivity contribution in [1.82, 2.24) is 9.80 Å². The lowest BCUT2D eigenvalue weighted by atomic mass is 9.98. The summed E-state index contributed by atoms with van der Waals surface area (Å²) >= 11 is 0. The Bertz CT molecular complexity index is 1110. The van der Waals surface area contributed by atoms with Crippen molar-refractivity contribution in [3.05, 3.63) is 59.7 Å². The van der Waals surface area contributed by atoms with Crippen LogP contribution in [0.5, 0.6) is 0 Å². The van der Waals surface area contributed by atoms with Gasteiger partial charge in [-0.3, -0.25) is 4.79 Å². The highest BCUT2D eigenvalue weighted by molar-refractivity contribution is 5.79. The average Bonchev–Trinajstić information content (AvgIpc) is 3.37. The summed E-state index contributed by atoms with van der Waals surface area (Å²) in [5.74, 6) is -0.987. The zero-order valence-electron chi connectivity index (χ0n) is 22.0. The number of carboxylic acid groups (broad SMARTS) is 1. The van der Waals surface area contributed by atoms with Crippen molar-refractivity contribution in [2.45, 2.75) is 70.6 Å². The Morgan fingerprint density at radius 1 is 1.03 bits per heavy atom. The van der Waals surface area contributed by atoms with Crippen LogP contribution in [-0.2, 0) is 14.3 Å². The van der Waals surface area contributed by atoms with Gasteiger partial charge in [-0.15, -0.1) is 0 Å². The molecule has 2 aliphatic rings. The van der Waals surface area contributed by atoms with E-state index >= 15 is 0 Å². The van der Waals surface area contributed by atoms with Gasteiger partial charge in [0.1, 0.15) is 12.2 Å². The van der Waals surface area contributed by atoms with E-state index in [9.17, 15) is 14.4 Å². The van der Waals surface area contributed by atoms with E-state index in [4.69, 9.17) is 14.6 Å². The minimum Gasteiger partial charge on any atom is -0.481 e. The van der Waals surface area contributed by atoms with Gasteiger partial charge in [0.05, 0.1) is 12.1 Å². The fraction of sp³-hybridized carbons (Fsp3) is 0.483. The van der Waals surface area contributed by atoms with E-state index in [-0.39, 0.29) is 37.6 Å². The van der Waals surface area contributed by atoms with Crippen LogP contribution in [-0.4, -0.2) is 70.4 Å². The summed E-state index contributed by atoms with van der Waals surface area (Å²) in [6.07, 6.45) is -0.0904. The third kappa shape index (κ3) is 5.89. The van der Waals surface area contributed by atoms with Gasteiger partial charge in [-0.2, -0.15) is 0 Å². The molecule has 37 heavy (non-hydrogen) atoms. The summed E-state index contributed by atoms with van der Waals surface area (Å²) in [5.41, 5.74) is 3.92. The molecule has 8 nitrogen and oxygen atoms in total. The van der Waals surface area contributed by atoms with E-state index in [1.807, 2.05) is 52.0 Å². The molecule has 0 radical (unpaired) electrons. The normalized spacial score (nSPS) is 18.8. The van der Waals surface area contributed by atoms with Gasteiger partial charge in [-0.05, 0) is 62.8 Å². The van der Waals surface area contributed by atoms with E-state index < -0.39 is 23.8 Å². The zero-order valence-corrected chi connectivity index (χ0v) is 22.0. The Morgan fingerprint density at radius 2 is 1.62 bits per heavy atom. The van der Waals surface area contributed by atoms with E-state index in [0.717, 1.165) is 22.3 Å². The van der Waals surface area contributed by atoms with Crippen LogP contribution in [0.2, 0.25) is 0 Å². The van der Waals surface area contributed by atoms with Crippen LogP contribution in [0.1, 0.15) is 64.0 Å². The van der Waals surface area contributed by atoms with Crippen LogP contribution in [0.4, 0.5) is 9.59 Å². The molecule has 0 saturated carbocycles. The molecule has 0 aromatic heterocycles. The monoisotopic (exact) mass is 508 g/mol. The van der Waals surface area contributed by atoms with Gasteiger partial charge in [0, 0.05) is 25.4 Å². The number of carbonyl (C=O) groups is 3. The highest BCUT2D eigenvalue weighted by Crippen LogP contribution is 2.44. The molecule has 8 heteroatoms. The Kier molecular flexibility index (Phi) is 7.76. The molecular formula is C29H36N2O6. The standard InChI is InChI=1S/C29H36N2O6/c1-19-25(15-17-30(19)28(35)37-29(2,3)4)31(16-9-14-26(32)33)27(34)36-18-24-22-12-7-5-10-20(22)21-11-6-8-13-23(21)24/h5-8,10-13,19,24-25H,9,14-18H2,1-4H3,(H,32,33). The summed E-state index contributed by atoms with van der Waals surface area (Å²) in [7, 11) is 0. The van der Waals surface area contributed by atoms with Gasteiger partial charge in [-0.25, -0.2) is 9.59 Å². The molecule has 2 aromatic rings. The number of amides is 2. The van der Waals surface area contributed by atoms with Crippen LogP contribution >= 0.6 is 0 Å². The molecule has 1 N–H and O–H groups in total. The maximum absolute atomic E-state index is 13.5. The molecule has 1 heterocycles. The lowest BCUT2D eigenvalue weighted by Crippen LogP contribution is -2.49. The van der Waals surface area contributed by atoms with Gasteiger partial charge < -0.3 is 24.4 Å². The number of carbonyl (C=O) groups excluding carboxylic acids is 2. The van der Waals surface area contributed by atoms with Crippen molar-refractivity contribution in [3.8, 4) is 11.1 Å². The maximum Gasteiger partial charge on any atom is 0.410 e. The fourth-order valence-electron chi connectivity index (χ4n) is 5.39. The molecule has 198 valence electrons. The Hall–Kier alpha value is -3.55. The van der Waals surface area contributed by atoms with Gasteiger partial charge in [-0.1, -0.05) is 48.5 Å². The first-order valence-electron chi connectivity index (χ1n) is 12.9. The third-order valence-electron chi connectivity index (χ3n) is 7.10. The number of fused-ring (bicyclic) bond motifs is 3. The number of carboxylic acids is 1. The molecule has 2 amide bonds. The van der Waals surface area contributed by atoms with E-state index in [1.165, 1.54) is 0 Å². The van der Waals surface area contributed by atoms with Gasteiger partial charge in [0.25, 0.3) is 0 Å². The van der Waals surface area contributed by atoms with Crippen LogP contribution in [0.3, 0.4) is 0 Å². The number of nitrogens with zero attached hydrogens (tertiary/aromatic N) is 2. The summed E-state index contributed by atoms with van der Waals surface area (Å²) in [6.45, 7) is 8.21. The van der Waals surface area contributed by atoms with E-state index in [0.29, 0.717) is 19.4 Å². The molecular weight excluding hydrogens is 472 g/mol. The van der Waals surface area contributed by atoms with Gasteiger partial charge in [0.15, 0.2) is 0 Å². The second kappa shape index (κ2) is 10.8. The summed E-state index contributed by atoms with van der Waals surface area (Å²) < 4.78 is 11.5. The topological polar surface area (TPSA) is 96.4 Å². The number of hydrogen-bond donors (Lipinski definition) is 1. The lowest BCUT2D eigenvalue weighted by molar-refractivity contribution is -0.137. The van der Waals surface area contributed by atoms with Crippen molar-refractivity contribution >= 4 is 18.2 Å². The quantitative estimate of drug-likeness (QED) is 0.531. The van der Waals surface area contributed by atoms with Crippen molar-refractivity contribution in [2.24, 2.45) is 0 Å². The average molecular weight is 509 g/mol. The van der Waals surface area contributed by atoms with Crippen LogP contribution < -0.4 is 0 Å². The number of likely N-dealkylation sites (tertiary alicyclic amines) is 1. The highest BCUT2D eigenvalue weighted by atomic mass is 16.6. The third-order valence-corrected chi connectivity index (χ3v) is 7.10.